The van der Waals surface area contributed by atoms with Gasteiger partial charge in [-0.05, 0) is 34.7 Å². The van der Waals surface area contributed by atoms with Crippen molar-refractivity contribution in [2.75, 3.05) is 0 Å². The van der Waals surface area contributed by atoms with Gasteiger partial charge in [0.05, 0.1) is 6.04 Å². The number of benzene rings is 1. The number of thiazole rings is 1. The van der Waals surface area contributed by atoms with E-state index in [1.807, 2.05) is 10.9 Å². The highest BCUT2D eigenvalue weighted by Gasteiger charge is 2.27. The van der Waals surface area contributed by atoms with E-state index in [1.54, 1.807) is 23.1 Å². The molecule has 1 aliphatic carbocycles. The van der Waals surface area contributed by atoms with Crippen molar-refractivity contribution in [3.63, 3.8) is 0 Å². The van der Waals surface area contributed by atoms with E-state index in [0.717, 1.165) is 15.9 Å². The standard InChI is InChI=1S/C17H19N5S2/c1-11(2)12-3-5-13(6-4-12)16-18-9-15(24-16)10-23-17-19-20-21-22(17)14-7-8-14/h3-6,9,11,14H,7-8,10H2,1-2H3. The largest absolute Gasteiger partial charge is 0.244 e. The van der Waals surface area contributed by atoms with Crippen LogP contribution in [0.2, 0.25) is 0 Å². The van der Waals surface area contributed by atoms with Crippen molar-refractivity contribution in [1.29, 1.82) is 0 Å². The normalized spacial score (nSPS) is 14.5. The molecule has 0 bridgehead atoms. The Bertz CT molecular complexity index is 818. The number of aromatic nitrogens is 5. The Labute approximate surface area is 149 Å². The SMILES string of the molecule is CC(C)c1ccc(-c2ncc(CSc3nnnn3C3CC3)s2)cc1. The van der Waals surface area contributed by atoms with Gasteiger partial charge in [-0.2, -0.15) is 0 Å². The third-order valence-electron chi connectivity index (χ3n) is 4.08. The summed E-state index contributed by atoms with van der Waals surface area (Å²) in [6.45, 7) is 4.42. The average Bonchev–Trinajstić information content (AvgIpc) is 3.14. The van der Waals surface area contributed by atoms with Crippen molar-refractivity contribution in [2.24, 2.45) is 0 Å². The maximum absolute atomic E-state index is 4.58. The van der Waals surface area contributed by atoms with Gasteiger partial charge in [-0.25, -0.2) is 9.67 Å². The van der Waals surface area contributed by atoms with E-state index < -0.39 is 0 Å². The predicted octanol–water partition coefficient (Wildman–Crippen LogP) is 4.55. The summed E-state index contributed by atoms with van der Waals surface area (Å²) in [5, 5.41) is 14.0. The lowest BCUT2D eigenvalue weighted by Gasteiger charge is -2.05. The molecule has 0 aliphatic heterocycles. The maximum atomic E-state index is 4.58. The summed E-state index contributed by atoms with van der Waals surface area (Å²) in [5.41, 5.74) is 2.54. The van der Waals surface area contributed by atoms with E-state index in [-0.39, 0.29) is 0 Å². The van der Waals surface area contributed by atoms with E-state index in [4.69, 9.17) is 0 Å². The molecule has 2 aromatic heterocycles. The second-order valence-corrected chi connectivity index (χ2v) is 8.39. The van der Waals surface area contributed by atoms with Crippen molar-refractivity contribution in [3.8, 4) is 10.6 Å². The van der Waals surface area contributed by atoms with Crippen LogP contribution in [0.1, 0.15) is 49.1 Å². The van der Waals surface area contributed by atoms with Crippen molar-refractivity contribution >= 4 is 23.1 Å². The molecule has 0 radical (unpaired) electrons. The summed E-state index contributed by atoms with van der Waals surface area (Å²) in [7, 11) is 0. The second-order valence-electron chi connectivity index (χ2n) is 6.33. The molecule has 0 unspecified atom stereocenters. The first-order valence-corrected chi connectivity index (χ1v) is 9.96. The van der Waals surface area contributed by atoms with Crippen LogP contribution >= 0.6 is 23.1 Å². The molecule has 2 heterocycles. The number of tetrazole rings is 1. The lowest BCUT2D eigenvalue weighted by Crippen LogP contribution is -1.98. The molecule has 0 spiro atoms. The number of nitrogens with zero attached hydrogens (tertiary/aromatic N) is 5. The molecule has 1 aliphatic rings. The summed E-state index contributed by atoms with van der Waals surface area (Å²) in [6.07, 6.45) is 4.35. The molecule has 0 N–H and O–H groups in total. The number of rotatable bonds is 6. The van der Waals surface area contributed by atoms with Gasteiger partial charge in [-0.15, -0.1) is 16.4 Å². The fraction of sp³-hybridized carbons (Fsp3) is 0.412. The fourth-order valence-corrected chi connectivity index (χ4v) is 4.37. The first kappa shape index (κ1) is 15.8. The van der Waals surface area contributed by atoms with E-state index in [1.165, 1.54) is 28.8 Å². The molecule has 7 heteroatoms. The molecule has 3 aromatic rings. The van der Waals surface area contributed by atoms with E-state index >= 15 is 0 Å². The lowest BCUT2D eigenvalue weighted by molar-refractivity contribution is 0.565. The van der Waals surface area contributed by atoms with Crippen LogP contribution in [0.25, 0.3) is 10.6 Å². The summed E-state index contributed by atoms with van der Waals surface area (Å²) < 4.78 is 1.96. The first-order valence-electron chi connectivity index (χ1n) is 8.16. The molecule has 0 atom stereocenters. The molecule has 1 fully saturated rings. The second kappa shape index (κ2) is 6.64. The molecule has 1 aromatic carbocycles. The third kappa shape index (κ3) is 3.37. The van der Waals surface area contributed by atoms with Crippen LogP contribution in [0.5, 0.6) is 0 Å². The predicted molar refractivity (Wildman–Crippen MR) is 97.3 cm³/mol. The first-order chi connectivity index (χ1) is 11.7. The Hall–Kier alpha value is -1.73. The van der Waals surface area contributed by atoms with Crippen LogP contribution < -0.4 is 0 Å². The van der Waals surface area contributed by atoms with E-state index in [2.05, 4.69) is 58.6 Å². The van der Waals surface area contributed by atoms with E-state index in [9.17, 15) is 0 Å². The molecular formula is C17H19N5S2. The molecular weight excluding hydrogens is 338 g/mol. The maximum Gasteiger partial charge on any atom is 0.209 e. The third-order valence-corrected chi connectivity index (χ3v) is 6.29. The summed E-state index contributed by atoms with van der Waals surface area (Å²) >= 11 is 3.43. The molecule has 5 nitrogen and oxygen atoms in total. The van der Waals surface area contributed by atoms with Gasteiger partial charge < -0.3 is 0 Å². The van der Waals surface area contributed by atoms with Gasteiger partial charge >= 0.3 is 0 Å². The van der Waals surface area contributed by atoms with Crippen molar-refractivity contribution in [3.05, 3.63) is 40.9 Å². The van der Waals surface area contributed by atoms with Crippen LogP contribution in [0.4, 0.5) is 0 Å². The highest BCUT2D eigenvalue weighted by Crippen LogP contribution is 2.37. The zero-order valence-corrected chi connectivity index (χ0v) is 15.3. The van der Waals surface area contributed by atoms with Crippen LogP contribution in [0.3, 0.4) is 0 Å². The van der Waals surface area contributed by atoms with E-state index in [0.29, 0.717) is 12.0 Å². The van der Waals surface area contributed by atoms with Gasteiger partial charge in [0.1, 0.15) is 5.01 Å². The van der Waals surface area contributed by atoms with Gasteiger partial charge in [-0.1, -0.05) is 49.9 Å². The monoisotopic (exact) mass is 357 g/mol. The summed E-state index contributed by atoms with van der Waals surface area (Å²) in [5.74, 6) is 1.41. The van der Waals surface area contributed by atoms with Gasteiger partial charge in [0.25, 0.3) is 0 Å². The molecule has 1 saturated carbocycles. The Morgan fingerprint density at radius 1 is 1.25 bits per heavy atom. The Morgan fingerprint density at radius 2 is 2.04 bits per heavy atom. The Kier molecular flexibility index (Phi) is 4.37. The van der Waals surface area contributed by atoms with Crippen LogP contribution in [-0.4, -0.2) is 25.2 Å². The Morgan fingerprint density at radius 3 is 2.75 bits per heavy atom. The molecule has 0 amide bonds. The average molecular weight is 358 g/mol. The van der Waals surface area contributed by atoms with Gasteiger partial charge in [0.15, 0.2) is 0 Å². The highest BCUT2D eigenvalue weighted by atomic mass is 32.2. The lowest BCUT2D eigenvalue weighted by atomic mass is 10.0. The molecule has 124 valence electrons. The van der Waals surface area contributed by atoms with Gasteiger partial charge in [0.2, 0.25) is 5.16 Å². The van der Waals surface area contributed by atoms with Gasteiger partial charge in [-0.3, -0.25) is 0 Å². The number of hydrogen-bond donors (Lipinski definition) is 0. The smallest absolute Gasteiger partial charge is 0.209 e. The quantitative estimate of drug-likeness (QED) is 0.606. The Balaban J connectivity index is 1.43. The highest BCUT2D eigenvalue weighted by molar-refractivity contribution is 7.98. The van der Waals surface area contributed by atoms with Crippen LogP contribution in [-0.2, 0) is 5.75 Å². The minimum atomic E-state index is 0.513. The molecule has 4 rings (SSSR count). The van der Waals surface area contributed by atoms with Gasteiger partial charge in [0, 0.05) is 22.4 Å². The molecule has 24 heavy (non-hydrogen) atoms. The van der Waals surface area contributed by atoms with Crippen LogP contribution in [0.15, 0.2) is 35.6 Å². The summed E-state index contributed by atoms with van der Waals surface area (Å²) in [6, 6.07) is 9.23. The van der Waals surface area contributed by atoms with Crippen molar-refractivity contribution in [1.82, 2.24) is 25.2 Å². The fourth-order valence-electron chi connectivity index (χ4n) is 2.48. The number of thioether (sulfide) groups is 1. The zero-order valence-electron chi connectivity index (χ0n) is 13.7. The van der Waals surface area contributed by atoms with Crippen molar-refractivity contribution < 1.29 is 0 Å². The summed E-state index contributed by atoms with van der Waals surface area (Å²) in [4.78, 5) is 5.82. The minimum absolute atomic E-state index is 0.513. The topological polar surface area (TPSA) is 56.5 Å². The zero-order chi connectivity index (χ0) is 16.5. The number of hydrogen-bond acceptors (Lipinski definition) is 6. The minimum Gasteiger partial charge on any atom is -0.244 e. The van der Waals surface area contributed by atoms with Crippen molar-refractivity contribution in [2.45, 2.75) is 49.6 Å². The van der Waals surface area contributed by atoms with Crippen LogP contribution in [0, 0.1) is 0 Å². The molecule has 0 saturated heterocycles.